The first-order chi connectivity index (χ1) is 9.68. The fourth-order valence-corrected chi connectivity index (χ4v) is 2.64. The molecule has 4 heteroatoms. The number of hydrogen-bond donors (Lipinski definition) is 1. The van der Waals surface area contributed by atoms with E-state index < -0.39 is 0 Å². The van der Waals surface area contributed by atoms with Crippen LogP contribution in [0, 0.1) is 6.92 Å². The van der Waals surface area contributed by atoms with Gasteiger partial charge in [-0.25, -0.2) is 0 Å². The van der Waals surface area contributed by atoms with Gasteiger partial charge in [0.2, 0.25) is 0 Å². The van der Waals surface area contributed by atoms with E-state index in [-0.39, 0.29) is 0 Å². The lowest BCUT2D eigenvalue weighted by atomic mass is 10.0. The second-order valence-corrected chi connectivity index (χ2v) is 5.37. The Morgan fingerprint density at radius 1 is 1.05 bits per heavy atom. The van der Waals surface area contributed by atoms with Gasteiger partial charge in [0.1, 0.15) is 0 Å². The van der Waals surface area contributed by atoms with Gasteiger partial charge in [0, 0.05) is 10.0 Å². The molecule has 0 radical (unpaired) electrons. The zero-order valence-electron chi connectivity index (χ0n) is 10.9. The number of nitrogen functional groups attached to an aromatic ring is 1. The highest BCUT2D eigenvalue weighted by atomic mass is 79.9. The summed E-state index contributed by atoms with van der Waals surface area (Å²) in [6.45, 7) is 2.04. The zero-order valence-corrected chi connectivity index (χ0v) is 12.5. The van der Waals surface area contributed by atoms with Gasteiger partial charge in [0.05, 0.1) is 5.56 Å². The fraction of sp³-hybridized carbons (Fsp3) is 0.0625. The van der Waals surface area contributed by atoms with Gasteiger partial charge in [-0.15, -0.1) is 0 Å². The van der Waals surface area contributed by atoms with Gasteiger partial charge >= 0.3 is 0 Å². The van der Waals surface area contributed by atoms with Gasteiger partial charge in [-0.05, 0) is 40.0 Å². The van der Waals surface area contributed by atoms with Crippen molar-refractivity contribution in [3.8, 4) is 22.5 Å². The largest absolute Gasteiger partial charge is 0.380 e. The third-order valence-electron chi connectivity index (χ3n) is 3.22. The van der Waals surface area contributed by atoms with Gasteiger partial charge < -0.3 is 10.3 Å². The van der Waals surface area contributed by atoms with Crippen molar-refractivity contribution < 1.29 is 4.52 Å². The molecule has 2 aromatic carbocycles. The normalized spacial score (nSPS) is 10.7. The van der Waals surface area contributed by atoms with Crippen LogP contribution in [0.2, 0.25) is 0 Å². The van der Waals surface area contributed by atoms with Gasteiger partial charge in [0.15, 0.2) is 11.6 Å². The van der Waals surface area contributed by atoms with Crippen molar-refractivity contribution >= 4 is 21.7 Å². The lowest BCUT2D eigenvalue weighted by Crippen LogP contribution is -1.89. The smallest absolute Gasteiger partial charge is 0.178 e. The molecule has 0 bridgehead atoms. The Kier molecular flexibility index (Phi) is 3.32. The summed E-state index contributed by atoms with van der Waals surface area (Å²) in [5.74, 6) is 1.09. The molecular formula is C16H13BrN2O. The highest BCUT2D eigenvalue weighted by Gasteiger charge is 2.19. The quantitative estimate of drug-likeness (QED) is 0.744. The molecule has 0 aliphatic heterocycles. The predicted molar refractivity (Wildman–Crippen MR) is 84.2 cm³/mol. The van der Waals surface area contributed by atoms with Crippen molar-refractivity contribution in [3.05, 3.63) is 58.6 Å². The van der Waals surface area contributed by atoms with Crippen LogP contribution in [0.15, 0.2) is 57.5 Å². The van der Waals surface area contributed by atoms with Gasteiger partial charge in [0.25, 0.3) is 0 Å². The Hall–Kier alpha value is -2.07. The molecule has 20 heavy (non-hydrogen) atoms. The second kappa shape index (κ2) is 5.13. The number of rotatable bonds is 2. The average Bonchev–Trinajstić information content (AvgIpc) is 2.84. The molecule has 0 saturated heterocycles. The minimum Gasteiger partial charge on any atom is -0.380 e. The van der Waals surface area contributed by atoms with E-state index in [1.165, 1.54) is 0 Å². The minimum absolute atomic E-state index is 0.402. The number of halogens is 1. The monoisotopic (exact) mass is 328 g/mol. The molecule has 0 spiro atoms. The summed E-state index contributed by atoms with van der Waals surface area (Å²) in [5.41, 5.74) is 9.89. The zero-order chi connectivity index (χ0) is 14.1. The van der Waals surface area contributed by atoms with Crippen LogP contribution in [0.4, 0.5) is 5.82 Å². The molecule has 0 unspecified atom stereocenters. The van der Waals surface area contributed by atoms with Crippen molar-refractivity contribution in [1.29, 1.82) is 0 Å². The van der Waals surface area contributed by atoms with Crippen LogP contribution in [-0.2, 0) is 0 Å². The Bertz CT molecular complexity index is 750. The Morgan fingerprint density at radius 2 is 1.80 bits per heavy atom. The highest BCUT2D eigenvalue weighted by molar-refractivity contribution is 9.10. The summed E-state index contributed by atoms with van der Waals surface area (Å²) in [4.78, 5) is 0. The van der Waals surface area contributed by atoms with E-state index in [0.717, 1.165) is 26.7 Å². The molecule has 0 atom stereocenters. The molecule has 2 N–H and O–H groups in total. The van der Waals surface area contributed by atoms with E-state index in [9.17, 15) is 0 Å². The van der Waals surface area contributed by atoms with Crippen LogP contribution in [0.25, 0.3) is 22.5 Å². The first-order valence-electron chi connectivity index (χ1n) is 6.24. The maximum Gasteiger partial charge on any atom is 0.178 e. The van der Waals surface area contributed by atoms with Crippen molar-refractivity contribution in [3.63, 3.8) is 0 Å². The molecule has 0 saturated carbocycles. The van der Waals surface area contributed by atoms with E-state index >= 15 is 0 Å². The van der Waals surface area contributed by atoms with E-state index in [0.29, 0.717) is 11.6 Å². The predicted octanol–water partition coefficient (Wildman–Crippen LogP) is 4.66. The molecule has 1 aromatic heterocycles. The van der Waals surface area contributed by atoms with E-state index in [2.05, 4.69) is 21.1 Å². The third-order valence-corrected chi connectivity index (χ3v) is 4.27. The number of nitrogens with two attached hydrogens (primary N) is 1. The molecule has 3 nitrogen and oxygen atoms in total. The first-order valence-corrected chi connectivity index (χ1v) is 7.04. The number of aryl methyl sites for hydroxylation is 1. The fourth-order valence-electron chi connectivity index (χ4n) is 2.19. The molecular weight excluding hydrogens is 316 g/mol. The van der Waals surface area contributed by atoms with Crippen LogP contribution in [-0.4, -0.2) is 5.16 Å². The number of anilines is 1. The lowest BCUT2D eigenvalue weighted by molar-refractivity contribution is 0.436. The highest BCUT2D eigenvalue weighted by Crippen LogP contribution is 2.40. The molecule has 0 amide bonds. The maximum absolute atomic E-state index is 5.98. The molecule has 1 heterocycles. The Balaban J connectivity index is 2.24. The first kappa shape index (κ1) is 12.9. The summed E-state index contributed by atoms with van der Waals surface area (Å²) in [6.07, 6.45) is 0. The number of hydrogen-bond acceptors (Lipinski definition) is 3. The molecule has 3 rings (SSSR count). The van der Waals surface area contributed by atoms with Crippen molar-refractivity contribution in [2.45, 2.75) is 6.92 Å². The topological polar surface area (TPSA) is 52.0 Å². The summed E-state index contributed by atoms with van der Waals surface area (Å²) in [6, 6.07) is 15.9. The maximum atomic E-state index is 5.98. The standard InChI is InChI=1S/C16H13BrN2O/c1-10-6-5-9-12(14(10)17)15-13(16(18)19-20-15)11-7-3-2-4-8-11/h2-9H,1H3,(H2,18,19). The Morgan fingerprint density at radius 3 is 2.55 bits per heavy atom. The Labute approximate surface area is 125 Å². The minimum atomic E-state index is 0.402. The molecule has 0 fully saturated rings. The van der Waals surface area contributed by atoms with Gasteiger partial charge in [-0.1, -0.05) is 47.6 Å². The summed E-state index contributed by atoms with van der Waals surface area (Å²) in [5, 5.41) is 3.92. The van der Waals surface area contributed by atoms with E-state index in [4.69, 9.17) is 10.3 Å². The van der Waals surface area contributed by atoms with Crippen LogP contribution in [0.5, 0.6) is 0 Å². The van der Waals surface area contributed by atoms with Crippen LogP contribution < -0.4 is 5.73 Å². The van der Waals surface area contributed by atoms with Crippen molar-refractivity contribution in [2.75, 3.05) is 5.73 Å². The van der Waals surface area contributed by atoms with Crippen molar-refractivity contribution in [1.82, 2.24) is 5.16 Å². The van der Waals surface area contributed by atoms with Crippen LogP contribution in [0.1, 0.15) is 5.56 Å². The van der Waals surface area contributed by atoms with Gasteiger partial charge in [-0.3, -0.25) is 0 Å². The SMILES string of the molecule is Cc1cccc(-c2onc(N)c2-c2ccccc2)c1Br. The summed E-state index contributed by atoms with van der Waals surface area (Å²) >= 11 is 3.60. The van der Waals surface area contributed by atoms with E-state index in [1.54, 1.807) is 0 Å². The van der Waals surface area contributed by atoms with Crippen LogP contribution in [0.3, 0.4) is 0 Å². The average molecular weight is 329 g/mol. The lowest BCUT2D eigenvalue weighted by Gasteiger charge is -2.06. The van der Waals surface area contributed by atoms with Crippen molar-refractivity contribution in [2.24, 2.45) is 0 Å². The number of benzene rings is 2. The second-order valence-electron chi connectivity index (χ2n) is 4.57. The molecule has 0 aliphatic carbocycles. The molecule has 0 aliphatic rings. The van der Waals surface area contributed by atoms with E-state index in [1.807, 2.05) is 55.5 Å². The van der Waals surface area contributed by atoms with Gasteiger partial charge in [-0.2, -0.15) is 0 Å². The molecule has 3 aromatic rings. The summed E-state index contributed by atoms with van der Waals surface area (Å²) < 4.78 is 6.46. The third kappa shape index (κ3) is 2.12. The van der Waals surface area contributed by atoms with Crippen LogP contribution >= 0.6 is 15.9 Å². The molecule has 100 valence electrons. The number of aromatic nitrogens is 1. The number of nitrogens with zero attached hydrogens (tertiary/aromatic N) is 1. The summed E-state index contributed by atoms with van der Waals surface area (Å²) in [7, 11) is 0.